The normalized spacial score (nSPS) is 53.0. The first kappa shape index (κ1) is 15.4. The summed E-state index contributed by atoms with van der Waals surface area (Å²) in [6.45, 7) is 6.98. The first-order valence-electron chi connectivity index (χ1n) is 9.88. The first-order chi connectivity index (χ1) is 11.4. The zero-order chi connectivity index (χ0) is 16.7. The van der Waals surface area contributed by atoms with Crippen molar-refractivity contribution < 1.29 is 9.74 Å². The predicted octanol–water partition coefficient (Wildman–Crippen LogP) is 3.78. The van der Waals surface area contributed by atoms with Crippen LogP contribution in [0.2, 0.25) is 0 Å². The number of hydrogen-bond acceptors (Lipinski definition) is 4. The molecule has 0 amide bonds. The van der Waals surface area contributed by atoms with Crippen LogP contribution in [0.5, 0.6) is 0 Å². The van der Waals surface area contributed by atoms with Crippen LogP contribution < -0.4 is 0 Å². The zero-order valence-electron chi connectivity index (χ0n) is 15.2. The van der Waals surface area contributed by atoms with Crippen LogP contribution in [0.4, 0.5) is 0 Å². The van der Waals surface area contributed by atoms with Crippen LogP contribution in [0.15, 0.2) is 4.63 Å². The highest BCUT2D eigenvalue weighted by Crippen LogP contribution is 2.67. The molecule has 4 aliphatic rings. The van der Waals surface area contributed by atoms with E-state index in [1.165, 1.54) is 32.1 Å². The Kier molecular flexibility index (Phi) is 2.96. The molecule has 0 radical (unpaired) electrons. The van der Waals surface area contributed by atoms with Crippen molar-refractivity contribution >= 4 is 0 Å². The van der Waals surface area contributed by atoms with Crippen molar-refractivity contribution in [1.29, 1.82) is 0 Å². The van der Waals surface area contributed by atoms with E-state index < -0.39 is 5.60 Å². The number of rotatable bonds is 0. The molecule has 3 unspecified atom stereocenters. The molecule has 4 nitrogen and oxygen atoms in total. The minimum atomic E-state index is -0.476. The number of nitrogens with zero attached hydrogens (tertiary/aromatic N) is 2. The van der Waals surface area contributed by atoms with Crippen LogP contribution in [0.3, 0.4) is 0 Å². The Morgan fingerprint density at radius 3 is 2.54 bits per heavy atom. The molecule has 4 aliphatic carbocycles. The maximum Gasteiger partial charge on any atom is 0.108 e. The van der Waals surface area contributed by atoms with Gasteiger partial charge < -0.3 is 5.11 Å². The van der Waals surface area contributed by atoms with Crippen molar-refractivity contribution in [2.45, 2.75) is 77.7 Å². The van der Waals surface area contributed by atoms with Crippen molar-refractivity contribution in [2.75, 3.05) is 0 Å². The van der Waals surface area contributed by atoms with Crippen LogP contribution in [0.25, 0.3) is 0 Å². The van der Waals surface area contributed by atoms with E-state index in [-0.39, 0.29) is 5.41 Å². The van der Waals surface area contributed by atoms with E-state index in [1.807, 2.05) is 0 Å². The maximum atomic E-state index is 11.0. The van der Waals surface area contributed by atoms with Gasteiger partial charge in [-0.3, -0.25) is 0 Å². The van der Waals surface area contributed by atoms with E-state index >= 15 is 0 Å². The molecule has 3 saturated carbocycles. The fraction of sp³-hybridized carbons (Fsp3) is 0.900. The molecule has 1 aromatic heterocycles. The standard InChI is InChI=1S/C20H30N2O2/c1-18-11-17-16(21-24-22-17)10-12(18)4-5-13-14(18)6-8-19(2)15(13)7-9-20(19,3)23/h12-15,23H,4-11H2,1-3H3/t12-,13?,14?,15?,18-,19-,20+/m0/s1. The zero-order valence-corrected chi connectivity index (χ0v) is 15.2. The second-order valence-corrected chi connectivity index (χ2v) is 9.96. The lowest BCUT2D eigenvalue weighted by molar-refractivity contribution is -0.139. The monoisotopic (exact) mass is 330 g/mol. The third-order valence-corrected chi connectivity index (χ3v) is 9.25. The highest BCUT2D eigenvalue weighted by Gasteiger charge is 2.63. The Labute approximate surface area is 144 Å². The van der Waals surface area contributed by atoms with Gasteiger partial charge in [0.15, 0.2) is 0 Å². The van der Waals surface area contributed by atoms with E-state index in [0.717, 1.165) is 48.4 Å². The molecular formula is C20H30N2O2. The summed E-state index contributed by atoms with van der Waals surface area (Å²) in [6, 6.07) is 0. The number of aliphatic hydroxyl groups is 1. The van der Waals surface area contributed by atoms with E-state index in [2.05, 4.69) is 31.1 Å². The molecule has 0 bridgehead atoms. The lowest BCUT2D eigenvalue weighted by Gasteiger charge is -2.60. The third kappa shape index (κ3) is 1.73. The summed E-state index contributed by atoms with van der Waals surface area (Å²) >= 11 is 0. The molecule has 4 heteroatoms. The van der Waals surface area contributed by atoms with E-state index in [1.54, 1.807) is 0 Å². The molecule has 3 fully saturated rings. The van der Waals surface area contributed by atoms with Gasteiger partial charge in [-0.15, -0.1) is 0 Å². The van der Waals surface area contributed by atoms with Crippen LogP contribution >= 0.6 is 0 Å². The fourth-order valence-electron chi connectivity index (χ4n) is 7.50. The second kappa shape index (κ2) is 4.63. The van der Waals surface area contributed by atoms with Crippen molar-refractivity contribution in [3.63, 3.8) is 0 Å². The molecule has 7 atom stereocenters. The quantitative estimate of drug-likeness (QED) is 0.786. The topological polar surface area (TPSA) is 59.2 Å². The van der Waals surface area contributed by atoms with Crippen LogP contribution in [-0.2, 0) is 12.8 Å². The molecule has 1 aromatic rings. The minimum Gasteiger partial charge on any atom is -0.390 e. The molecule has 132 valence electrons. The van der Waals surface area contributed by atoms with Gasteiger partial charge in [-0.05, 0) is 86.4 Å². The Bertz CT molecular complexity index is 668. The summed E-state index contributed by atoms with van der Waals surface area (Å²) in [5.74, 6) is 2.97. The third-order valence-electron chi connectivity index (χ3n) is 9.25. The molecule has 0 spiro atoms. The SMILES string of the molecule is C[C@]12CCC3C(CC[C@H]4Cc5nonc5C[C@]34C)C1CC[C@@]2(C)O. The van der Waals surface area contributed by atoms with Crippen LogP contribution in [0, 0.1) is 34.5 Å². The molecule has 0 aromatic carbocycles. The lowest BCUT2D eigenvalue weighted by atomic mass is 9.45. The summed E-state index contributed by atoms with van der Waals surface area (Å²) in [6.07, 6.45) is 9.37. The molecule has 0 aliphatic heterocycles. The van der Waals surface area contributed by atoms with Gasteiger partial charge in [0.2, 0.25) is 0 Å². The molecule has 5 rings (SSSR count). The number of aromatic nitrogens is 2. The summed E-state index contributed by atoms with van der Waals surface area (Å²) in [5, 5.41) is 19.4. The van der Waals surface area contributed by atoms with Gasteiger partial charge in [-0.25, -0.2) is 4.63 Å². The predicted molar refractivity (Wildman–Crippen MR) is 90.2 cm³/mol. The van der Waals surface area contributed by atoms with Crippen LogP contribution in [0.1, 0.15) is 70.7 Å². The van der Waals surface area contributed by atoms with Crippen molar-refractivity contribution in [3.05, 3.63) is 11.4 Å². The summed E-state index contributed by atoms with van der Waals surface area (Å²) in [7, 11) is 0. The Balaban J connectivity index is 1.50. The van der Waals surface area contributed by atoms with E-state index in [9.17, 15) is 5.11 Å². The number of fused-ring (bicyclic) bond motifs is 6. The summed E-state index contributed by atoms with van der Waals surface area (Å²) in [4.78, 5) is 0. The fourth-order valence-corrected chi connectivity index (χ4v) is 7.50. The van der Waals surface area contributed by atoms with Gasteiger partial charge >= 0.3 is 0 Å². The molecular weight excluding hydrogens is 300 g/mol. The largest absolute Gasteiger partial charge is 0.390 e. The average Bonchev–Trinajstić information content (AvgIpc) is 3.06. The van der Waals surface area contributed by atoms with Crippen molar-refractivity contribution in [1.82, 2.24) is 10.3 Å². The van der Waals surface area contributed by atoms with Crippen molar-refractivity contribution in [2.24, 2.45) is 34.5 Å². The van der Waals surface area contributed by atoms with Gasteiger partial charge in [-0.2, -0.15) is 0 Å². The molecule has 1 heterocycles. The van der Waals surface area contributed by atoms with Crippen LogP contribution in [-0.4, -0.2) is 21.0 Å². The van der Waals surface area contributed by atoms with Gasteiger partial charge in [0, 0.05) is 6.42 Å². The molecule has 1 N–H and O–H groups in total. The number of hydrogen-bond donors (Lipinski definition) is 1. The van der Waals surface area contributed by atoms with Crippen molar-refractivity contribution in [3.8, 4) is 0 Å². The Morgan fingerprint density at radius 1 is 0.958 bits per heavy atom. The first-order valence-corrected chi connectivity index (χ1v) is 9.88. The van der Waals surface area contributed by atoms with Gasteiger partial charge in [0.05, 0.1) is 5.60 Å². The highest BCUT2D eigenvalue weighted by molar-refractivity contribution is 5.21. The van der Waals surface area contributed by atoms with E-state index in [0.29, 0.717) is 11.3 Å². The Hall–Kier alpha value is -0.900. The van der Waals surface area contributed by atoms with E-state index in [4.69, 9.17) is 4.63 Å². The second-order valence-electron chi connectivity index (χ2n) is 9.96. The molecule has 24 heavy (non-hydrogen) atoms. The van der Waals surface area contributed by atoms with Gasteiger partial charge in [-0.1, -0.05) is 24.2 Å². The smallest absolute Gasteiger partial charge is 0.108 e. The lowest BCUT2D eigenvalue weighted by Crippen LogP contribution is -2.56. The Morgan fingerprint density at radius 2 is 1.71 bits per heavy atom. The average molecular weight is 330 g/mol. The molecule has 0 saturated heterocycles. The highest BCUT2D eigenvalue weighted by atomic mass is 16.6. The minimum absolute atomic E-state index is 0.118. The maximum absolute atomic E-state index is 11.0. The van der Waals surface area contributed by atoms with Gasteiger partial charge in [0.25, 0.3) is 0 Å². The van der Waals surface area contributed by atoms with Gasteiger partial charge in [0.1, 0.15) is 11.4 Å². The summed E-state index contributed by atoms with van der Waals surface area (Å²) in [5.41, 5.74) is 2.20. The summed E-state index contributed by atoms with van der Waals surface area (Å²) < 4.78 is 5.03.